The molecule has 0 aromatic carbocycles. The number of hydrogen-bond donors (Lipinski definition) is 1. The molecule has 3 rings (SSSR count). The van der Waals surface area contributed by atoms with E-state index in [1.807, 2.05) is 19.1 Å². The van der Waals surface area contributed by atoms with Crippen LogP contribution in [0.3, 0.4) is 0 Å². The number of nitrogens with zero attached hydrogens (tertiary/aromatic N) is 3. The lowest BCUT2D eigenvalue weighted by molar-refractivity contribution is -0.389. The van der Waals surface area contributed by atoms with E-state index < -0.39 is 4.92 Å². The Hall–Kier alpha value is -2.35. The molecule has 3 aromatic rings. The lowest BCUT2D eigenvalue weighted by Crippen LogP contribution is -2.17. The number of fused-ring (bicyclic) bond motifs is 1. The number of imidazole rings is 1. The number of furan rings is 1. The molecule has 0 aliphatic heterocycles. The van der Waals surface area contributed by atoms with Crippen LogP contribution in [0.25, 0.3) is 4.96 Å². The first-order chi connectivity index (χ1) is 10.1. The molecular weight excluding hydrogens is 292 g/mol. The third kappa shape index (κ3) is 2.75. The second-order valence-electron chi connectivity index (χ2n) is 4.76. The van der Waals surface area contributed by atoms with Crippen molar-refractivity contribution in [2.45, 2.75) is 25.8 Å². The van der Waals surface area contributed by atoms with Crippen molar-refractivity contribution in [2.75, 3.05) is 5.32 Å². The van der Waals surface area contributed by atoms with Gasteiger partial charge >= 0.3 is 5.82 Å². The maximum Gasteiger partial charge on any atom is 0.372 e. The molecule has 0 saturated carbocycles. The molecule has 0 aliphatic rings. The first kappa shape index (κ1) is 13.6. The van der Waals surface area contributed by atoms with Crippen molar-refractivity contribution in [3.63, 3.8) is 0 Å². The summed E-state index contributed by atoms with van der Waals surface area (Å²) in [5.41, 5.74) is 0. The van der Waals surface area contributed by atoms with Gasteiger partial charge in [0.25, 0.3) is 4.96 Å². The fourth-order valence-corrected chi connectivity index (χ4v) is 2.87. The van der Waals surface area contributed by atoms with Crippen molar-refractivity contribution in [1.29, 1.82) is 0 Å². The van der Waals surface area contributed by atoms with Crippen molar-refractivity contribution >= 4 is 27.9 Å². The predicted molar refractivity (Wildman–Crippen MR) is 79.8 cm³/mol. The molecule has 1 unspecified atom stereocenters. The minimum absolute atomic E-state index is 0.0175. The lowest BCUT2D eigenvalue weighted by atomic mass is 10.1. The molecule has 21 heavy (non-hydrogen) atoms. The van der Waals surface area contributed by atoms with Gasteiger partial charge in [-0.3, -0.25) is 0 Å². The summed E-state index contributed by atoms with van der Waals surface area (Å²) in [6.07, 6.45) is 4.87. The van der Waals surface area contributed by atoms with Gasteiger partial charge in [0.2, 0.25) is 5.82 Å². The second-order valence-corrected chi connectivity index (χ2v) is 5.63. The van der Waals surface area contributed by atoms with E-state index in [1.165, 1.54) is 15.7 Å². The summed E-state index contributed by atoms with van der Waals surface area (Å²) in [6, 6.07) is 3.82. The quantitative estimate of drug-likeness (QED) is 0.557. The summed E-state index contributed by atoms with van der Waals surface area (Å²) in [6.45, 7) is 1.97. The van der Waals surface area contributed by atoms with Gasteiger partial charge in [0, 0.05) is 17.8 Å². The summed E-state index contributed by atoms with van der Waals surface area (Å²) >= 11 is 1.37. The molecular formula is C13H14N4O3S. The molecule has 1 N–H and O–H groups in total. The van der Waals surface area contributed by atoms with E-state index in [-0.39, 0.29) is 11.9 Å². The van der Waals surface area contributed by atoms with E-state index in [0.717, 1.165) is 18.6 Å². The monoisotopic (exact) mass is 306 g/mol. The molecule has 1 atom stereocenters. The van der Waals surface area contributed by atoms with Crippen LogP contribution in [0, 0.1) is 10.1 Å². The highest BCUT2D eigenvalue weighted by atomic mass is 32.1. The van der Waals surface area contributed by atoms with E-state index >= 15 is 0 Å². The van der Waals surface area contributed by atoms with Crippen molar-refractivity contribution < 1.29 is 9.34 Å². The van der Waals surface area contributed by atoms with Crippen LogP contribution in [0.4, 0.5) is 11.6 Å². The van der Waals surface area contributed by atoms with E-state index in [1.54, 1.807) is 17.8 Å². The minimum atomic E-state index is -0.408. The van der Waals surface area contributed by atoms with Crippen LogP contribution in [0.5, 0.6) is 0 Å². The van der Waals surface area contributed by atoms with E-state index in [2.05, 4.69) is 10.3 Å². The number of nitrogens with one attached hydrogen (secondary N) is 1. The zero-order valence-corrected chi connectivity index (χ0v) is 12.2. The maximum absolute atomic E-state index is 11.2. The average Bonchev–Trinajstić information content (AvgIpc) is 3.11. The summed E-state index contributed by atoms with van der Waals surface area (Å²) in [5, 5.41) is 16.1. The van der Waals surface area contributed by atoms with E-state index in [9.17, 15) is 10.1 Å². The molecule has 3 aromatic heterocycles. The van der Waals surface area contributed by atoms with Crippen molar-refractivity contribution in [3.8, 4) is 0 Å². The summed E-state index contributed by atoms with van der Waals surface area (Å²) in [7, 11) is 0. The van der Waals surface area contributed by atoms with Crippen molar-refractivity contribution in [2.24, 2.45) is 0 Å². The highest BCUT2D eigenvalue weighted by molar-refractivity contribution is 7.15. The highest BCUT2D eigenvalue weighted by Crippen LogP contribution is 2.28. The Bertz CT molecular complexity index is 747. The average molecular weight is 306 g/mol. The number of aryl methyl sites for hydroxylation is 1. The van der Waals surface area contributed by atoms with Crippen LogP contribution in [0.15, 0.2) is 34.4 Å². The molecule has 8 heteroatoms. The number of anilines is 1. The van der Waals surface area contributed by atoms with Gasteiger partial charge in [0.1, 0.15) is 12.0 Å². The van der Waals surface area contributed by atoms with Crippen LogP contribution in [0.2, 0.25) is 0 Å². The van der Waals surface area contributed by atoms with Gasteiger partial charge < -0.3 is 19.8 Å². The highest BCUT2D eigenvalue weighted by Gasteiger charge is 2.24. The number of aromatic nitrogens is 2. The number of thiazole rings is 1. The summed E-state index contributed by atoms with van der Waals surface area (Å²) in [4.78, 5) is 15.7. The number of nitro groups is 1. The third-order valence-corrected chi connectivity index (χ3v) is 3.95. The predicted octanol–water partition coefficient (Wildman–Crippen LogP) is 3.33. The van der Waals surface area contributed by atoms with E-state index in [4.69, 9.17) is 4.42 Å². The molecule has 110 valence electrons. The van der Waals surface area contributed by atoms with Gasteiger partial charge in [0.05, 0.1) is 6.26 Å². The fourth-order valence-electron chi connectivity index (χ4n) is 2.16. The molecule has 0 radical (unpaired) electrons. The van der Waals surface area contributed by atoms with Crippen molar-refractivity contribution in [1.82, 2.24) is 9.38 Å². The van der Waals surface area contributed by atoms with Crippen LogP contribution < -0.4 is 5.32 Å². The molecule has 0 aliphatic carbocycles. The lowest BCUT2D eigenvalue weighted by Gasteiger charge is -2.11. The summed E-state index contributed by atoms with van der Waals surface area (Å²) in [5.74, 6) is 1.21. The first-order valence-corrected chi connectivity index (χ1v) is 7.42. The molecule has 3 heterocycles. The zero-order valence-electron chi connectivity index (χ0n) is 11.4. The molecule has 0 amide bonds. The zero-order chi connectivity index (χ0) is 14.8. The van der Waals surface area contributed by atoms with Gasteiger partial charge in [-0.05, 0) is 30.4 Å². The van der Waals surface area contributed by atoms with Gasteiger partial charge in [-0.15, -0.1) is 0 Å². The molecule has 0 bridgehead atoms. The van der Waals surface area contributed by atoms with Crippen LogP contribution in [-0.2, 0) is 6.42 Å². The largest absolute Gasteiger partial charge is 0.469 e. The Morgan fingerprint density at radius 1 is 1.62 bits per heavy atom. The Kier molecular flexibility index (Phi) is 3.61. The Labute approximate surface area is 124 Å². The van der Waals surface area contributed by atoms with E-state index in [0.29, 0.717) is 10.8 Å². The van der Waals surface area contributed by atoms with Crippen LogP contribution in [0.1, 0.15) is 19.1 Å². The van der Waals surface area contributed by atoms with Crippen molar-refractivity contribution in [3.05, 3.63) is 45.8 Å². The third-order valence-electron chi connectivity index (χ3n) is 3.20. The van der Waals surface area contributed by atoms with Gasteiger partial charge in [0.15, 0.2) is 0 Å². The van der Waals surface area contributed by atoms with Gasteiger partial charge in [-0.2, -0.15) is 9.38 Å². The number of rotatable bonds is 6. The van der Waals surface area contributed by atoms with Crippen LogP contribution in [-0.4, -0.2) is 20.3 Å². The molecule has 7 nitrogen and oxygen atoms in total. The van der Waals surface area contributed by atoms with Gasteiger partial charge in [-0.1, -0.05) is 11.3 Å². The number of hydrogen-bond acceptors (Lipinski definition) is 6. The van der Waals surface area contributed by atoms with Crippen LogP contribution >= 0.6 is 11.3 Å². The minimum Gasteiger partial charge on any atom is -0.469 e. The summed E-state index contributed by atoms with van der Waals surface area (Å²) < 4.78 is 6.77. The first-order valence-electron chi connectivity index (χ1n) is 6.54. The Morgan fingerprint density at radius 2 is 2.48 bits per heavy atom. The molecule has 0 saturated heterocycles. The smallest absolute Gasteiger partial charge is 0.372 e. The topological polar surface area (TPSA) is 85.6 Å². The molecule has 0 spiro atoms. The fraction of sp³-hybridized carbons (Fsp3) is 0.308. The normalized spacial score (nSPS) is 12.6. The Morgan fingerprint density at radius 3 is 3.19 bits per heavy atom. The maximum atomic E-state index is 11.2. The Balaban J connectivity index is 1.73. The molecule has 0 fully saturated rings. The second kappa shape index (κ2) is 5.57. The van der Waals surface area contributed by atoms with Gasteiger partial charge in [-0.25, -0.2) is 0 Å². The standard InChI is InChI=1S/C13H14N4O3S/c1-9(4-5-10-3-2-7-20-10)14-11-12(17(18)19)16-6-8-21-13(16)15-11/h2-3,6-9,14H,4-5H2,1H3. The SMILES string of the molecule is CC(CCc1ccco1)Nc1nc2sccn2c1[N+](=O)[O-].